The summed E-state index contributed by atoms with van der Waals surface area (Å²) in [6.45, 7) is 0. The number of amides is 2. The molecule has 2 amide bonds. The molecular weight excluding hydrogens is 345 g/mol. The van der Waals surface area contributed by atoms with Crippen LogP contribution in [0.1, 0.15) is 15.9 Å². The van der Waals surface area contributed by atoms with Gasteiger partial charge in [0.25, 0.3) is 5.91 Å². The van der Waals surface area contributed by atoms with E-state index in [0.717, 1.165) is 0 Å². The lowest BCUT2D eigenvalue weighted by Gasteiger charge is -2.08. The van der Waals surface area contributed by atoms with Gasteiger partial charge in [0.2, 0.25) is 5.91 Å². The number of anilines is 2. The van der Waals surface area contributed by atoms with Gasteiger partial charge in [0.1, 0.15) is 5.82 Å². The van der Waals surface area contributed by atoms with Gasteiger partial charge in [-0.1, -0.05) is 24.3 Å². The predicted molar refractivity (Wildman–Crippen MR) is 103 cm³/mol. The summed E-state index contributed by atoms with van der Waals surface area (Å²) in [6.07, 6.45) is 5.72. The van der Waals surface area contributed by atoms with E-state index in [1.165, 1.54) is 30.6 Å². The minimum absolute atomic E-state index is 0.277. The summed E-state index contributed by atoms with van der Waals surface area (Å²) in [7, 11) is 0. The minimum Gasteiger partial charge on any atom is -0.322 e. The Morgan fingerprint density at radius 1 is 0.889 bits per heavy atom. The maximum Gasteiger partial charge on any atom is 0.255 e. The first-order valence-corrected chi connectivity index (χ1v) is 8.17. The van der Waals surface area contributed by atoms with E-state index in [9.17, 15) is 14.0 Å². The lowest BCUT2D eigenvalue weighted by atomic mass is 10.2. The van der Waals surface area contributed by atoms with Gasteiger partial charge in [-0.25, -0.2) is 4.39 Å². The van der Waals surface area contributed by atoms with Crippen molar-refractivity contribution in [2.75, 3.05) is 10.6 Å². The Labute approximate surface area is 155 Å². The minimum atomic E-state index is -0.407. The molecule has 0 aliphatic heterocycles. The lowest BCUT2D eigenvalue weighted by Crippen LogP contribution is -2.12. The summed E-state index contributed by atoms with van der Waals surface area (Å²) < 4.78 is 13.6. The molecule has 6 heteroatoms. The smallest absolute Gasteiger partial charge is 0.255 e. The Morgan fingerprint density at radius 2 is 1.59 bits per heavy atom. The highest BCUT2D eigenvalue weighted by atomic mass is 19.1. The zero-order chi connectivity index (χ0) is 19.1. The first kappa shape index (κ1) is 18.0. The van der Waals surface area contributed by atoms with E-state index in [-0.39, 0.29) is 5.91 Å². The summed E-state index contributed by atoms with van der Waals surface area (Å²) >= 11 is 0. The van der Waals surface area contributed by atoms with Crippen LogP contribution in [0.15, 0.2) is 79.1 Å². The normalized spacial score (nSPS) is 10.6. The van der Waals surface area contributed by atoms with Crippen molar-refractivity contribution in [1.29, 1.82) is 0 Å². The van der Waals surface area contributed by atoms with Crippen molar-refractivity contribution in [2.24, 2.45) is 0 Å². The van der Waals surface area contributed by atoms with Crippen LogP contribution in [-0.4, -0.2) is 16.8 Å². The third-order valence-corrected chi connectivity index (χ3v) is 3.65. The van der Waals surface area contributed by atoms with Gasteiger partial charge in [0.15, 0.2) is 0 Å². The molecule has 2 N–H and O–H groups in total. The van der Waals surface area contributed by atoms with Crippen molar-refractivity contribution in [3.05, 3.63) is 96.1 Å². The number of nitrogens with one attached hydrogen (secondary N) is 2. The molecule has 0 bridgehead atoms. The monoisotopic (exact) mass is 361 g/mol. The average Bonchev–Trinajstić information content (AvgIpc) is 2.68. The van der Waals surface area contributed by atoms with Gasteiger partial charge in [0.05, 0.1) is 0 Å². The molecule has 27 heavy (non-hydrogen) atoms. The van der Waals surface area contributed by atoms with Gasteiger partial charge < -0.3 is 10.6 Å². The number of halogens is 1. The van der Waals surface area contributed by atoms with Gasteiger partial charge >= 0.3 is 0 Å². The SMILES string of the molecule is O=C(/C=C/c1ccccc1F)Nc1cccc(NC(=O)c2ccncc2)c1. The highest BCUT2D eigenvalue weighted by molar-refractivity contribution is 6.05. The summed E-state index contributed by atoms with van der Waals surface area (Å²) in [5.41, 5.74) is 1.84. The number of pyridine rings is 1. The van der Waals surface area contributed by atoms with E-state index in [1.54, 1.807) is 54.6 Å². The van der Waals surface area contributed by atoms with Crippen LogP contribution >= 0.6 is 0 Å². The molecule has 3 rings (SSSR count). The molecule has 0 aliphatic carbocycles. The molecule has 0 aliphatic rings. The van der Waals surface area contributed by atoms with Gasteiger partial charge in [-0.15, -0.1) is 0 Å². The van der Waals surface area contributed by atoms with E-state index in [2.05, 4.69) is 15.6 Å². The topological polar surface area (TPSA) is 71.1 Å². The van der Waals surface area contributed by atoms with E-state index in [0.29, 0.717) is 22.5 Å². The molecule has 0 saturated heterocycles. The van der Waals surface area contributed by atoms with E-state index < -0.39 is 11.7 Å². The highest BCUT2D eigenvalue weighted by Gasteiger charge is 2.06. The fraction of sp³-hybridized carbons (Fsp3) is 0. The number of aromatic nitrogens is 1. The standard InChI is InChI=1S/C21H16FN3O2/c22-19-7-2-1-4-15(19)8-9-20(26)24-17-5-3-6-18(14-17)25-21(27)16-10-12-23-13-11-16/h1-14H,(H,24,26)(H,25,27)/b9-8+. The van der Waals surface area contributed by atoms with Crippen LogP contribution < -0.4 is 10.6 Å². The van der Waals surface area contributed by atoms with Gasteiger partial charge in [-0.3, -0.25) is 14.6 Å². The van der Waals surface area contributed by atoms with Gasteiger partial charge in [0, 0.05) is 41.0 Å². The Kier molecular flexibility index (Phi) is 5.69. The maximum absolute atomic E-state index is 13.6. The quantitative estimate of drug-likeness (QED) is 0.672. The second kappa shape index (κ2) is 8.53. The summed E-state index contributed by atoms with van der Waals surface area (Å²) in [5, 5.41) is 5.43. The number of carbonyl (C=O) groups is 2. The first-order valence-electron chi connectivity index (χ1n) is 8.17. The summed E-state index contributed by atoms with van der Waals surface area (Å²) in [5.74, 6) is -1.08. The zero-order valence-corrected chi connectivity index (χ0v) is 14.2. The van der Waals surface area contributed by atoms with Crippen molar-refractivity contribution in [2.45, 2.75) is 0 Å². The van der Waals surface area contributed by atoms with Crippen molar-refractivity contribution >= 4 is 29.3 Å². The van der Waals surface area contributed by atoms with Gasteiger partial charge in [-0.2, -0.15) is 0 Å². The predicted octanol–water partition coefficient (Wildman–Crippen LogP) is 4.12. The molecule has 5 nitrogen and oxygen atoms in total. The molecule has 0 atom stereocenters. The Bertz CT molecular complexity index is 987. The number of hydrogen-bond acceptors (Lipinski definition) is 3. The van der Waals surface area contributed by atoms with Crippen LogP contribution in [0.3, 0.4) is 0 Å². The third kappa shape index (κ3) is 5.09. The molecule has 2 aromatic carbocycles. The molecule has 134 valence electrons. The van der Waals surface area contributed by atoms with E-state index in [4.69, 9.17) is 0 Å². The molecule has 0 radical (unpaired) electrons. The third-order valence-electron chi connectivity index (χ3n) is 3.65. The Hall–Kier alpha value is -3.80. The van der Waals surface area contributed by atoms with Crippen LogP contribution in [0.5, 0.6) is 0 Å². The fourth-order valence-corrected chi connectivity index (χ4v) is 2.34. The molecule has 0 fully saturated rings. The Balaban J connectivity index is 1.64. The first-order chi connectivity index (χ1) is 13.1. The van der Waals surface area contributed by atoms with E-state index >= 15 is 0 Å². The van der Waals surface area contributed by atoms with Crippen LogP contribution in [-0.2, 0) is 4.79 Å². The molecule has 1 heterocycles. The molecule has 0 spiro atoms. The number of carbonyl (C=O) groups excluding carboxylic acids is 2. The second-order valence-electron chi connectivity index (χ2n) is 5.61. The number of nitrogens with zero attached hydrogens (tertiary/aromatic N) is 1. The largest absolute Gasteiger partial charge is 0.322 e. The number of benzene rings is 2. The average molecular weight is 361 g/mol. The summed E-state index contributed by atoms with van der Waals surface area (Å²) in [4.78, 5) is 28.1. The zero-order valence-electron chi connectivity index (χ0n) is 14.2. The Morgan fingerprint density at radius 3 is 2.33 bits per heavy atom. The highest BCUT2D eigenvalue weighted by Crippen LogP contribution is 2.16. The molecule has 1 aromatic heterocycles. The van der Waals surface area contributed by atoms with Crippen molar-refractivity contribution in [3.8, 4) is 0 Å². The van der Waals surface area contributed by atoms with Crippen LogP contribution in [0.25, 0.3) is 6.08 Å². The number of rotatable bonds is 5. The van der Waals surface area contributed by atoms with Crippen molar-refractivity contribution < 1.29 is 14.0 Å². The molecule has 0 saturated carbocycles. The molecule has 3 aromatic rings. The van der Waals surface area contributed by atoms with Crippen molar-refractivity contribution in [3.63, 3.8) is 0 Å². The fourth-order valence-electron chi connectivity index (χ4n) is 2.34. The van der Waals surface area contributed by atoms with Crippen LogP contribution in [0.4, 0.5) is 15.8 Å². The maximum atomic E-state index is 13.6. The van der Waals surface area contributed by atoms with Crippen LogP contribution in [0, 0.1) is 5.82 Å². The lowest BCUT2D eigenvalue weighted by molar-refractivity contribution is -0.111. The molecular formula is C21H16FN3O2. The number of hydrogen-bond donors (Lipinski definition) is 2. The molecule has 0 unspecified atom stereocenters. The van der Waals surface area contributed by atoms with Crippen LogP contribution in [0.2, 0.25) is 0 Å². The van der Waals surface area contributed by atoms with Gasteiger partial charge in [-0.05, 0) is 42.5 Å². The van der Waals surface area contributed by atoms with E-state index in [1.807, 2.05) is 0 Å². The second-order valence-corrected chi connectivity index (χ2v) is 5.61. The van der Waals surface area contributed by atoms with Crippen molar-refractivity contribution in [1.82, 2.24) is 4.98 Å². The summed E-state index contributed by atoms with van der Waals surface area (Å²) in [6, 6.07) is 16.1.